The molecular formula is C19H14N2O3. The Hall–Kier alpha value is -3.21. The second kappa shape index (κ2) is 5.45. The van der Waals surface area contributed by atoms with Crippen molar-refractivity contribution in [2.24, 2.45) is 0 Å². The van der Waals surface area contributed by atoms with Crippen LogP contribution in [0.1, 0.15) is 28.4 Å². The number of carbonyl (C=O) groups is 1. The van der Waals surface area contributed by atoms with Gasteiger partial charge in [-0.15, -0.1) is 0 Å². The molecule has 0 saturated carbocycles. The van der Waals surface area contributed by atoms with Gasteiger partial charge < -0.3 is 5.32 Å². The zero-order chi connectivity index (χ0) is 16.7. The van der Waals surface area contributed by atoms with E-state index in [9.17, 15) is 14.9 Å². The van der Waals surface area contributed by atoms with Crippen LogP contribution in [0.2, 0.25) is 0 Å². The SMILES string of the molecule is O=C1CC(c2ccc([N+](=O)[O-])cc2)Nc2ccc3ccccc3c21. The van der Waals surface area contributed by atoms with Gasteiger partial charge in [0.1, 0.15) is 0 Å². The van der Waals surface area contributed by atoms with E-state index in [2.05, 4.69) is 5.32 Å². The number of nitrogens with one attached hydrogen (secondary N) is 1. The van der Waals surface area contributed by atoms with Crippen LogP contribution >= 0.6 is 0 Å². The van der Waals surface area contributed by atoms with Crippen molar-refractivity contribution >= 4 is 27.9 Å². The second-order valence-electron chi connectivity index (χ2n) is 5.88. The normalized spacial score (nSPS) is 16.5. The van der Waals surface area contributed by atoms with E-state index in [1.54, 1.807) is 12.1 Å². The molecule has 0 bridgehead atoms. The summed E-state index contributed by atoms with van der Waals surface area (Å²) in [6.07, 6.45) is 0.332. The summed E-state index contributed by atoms with van der Waals surface area (Å²) in [5.74, 6) is 0.0869. The van der Waals surface area contributed by atoms with E-state index < -0.39 is 4.92 Å². The number of non-ortho nitro benzene ring substituents is 1. The maximum absolute atomic E-state index is 12.7. The average Bonchev–Trinajstić information content (AvgIpc) is 2.61. The van der Waals surface area contributed by atoms with Gasteiger partial charge in [-0.25, -0.2) is 0 Å². The number of fused-ring (bicyclic) bond motifs is 3. The zero-order valence-electron chi connectivity index (χ0n) is 12.7. The maximum Gasteiger partial charge on any atom is 0.269 e. The van der Waals surface area contributed by atoms with Crippen molar-refractivity contribution in [2.75, 3.05) is 5.32 Å². The van der Waals surface area contributed by atoms with Crippen LogP contribution in [0.5, 0.6) is 0 Å². The van der Waals surface area contributed by atoms with E-state index in [1.807, 2.05) is 36.4 Å². The van der Waals surface area contributed by atoms with Crippen LogP contribution < -0.4 is 5.32 Å². The van der Waals surface area contributed by atoms with E-state index in [0.29, 0.717) is 6.42 Å². The molecule has 1 aliphatic rings. The van der Waals surface area contributed by atoms with Crippen LogP contribution in [0.3, 0.4) is 0 Å². The minimum atomic E-state index is -0.426. The number of nitro groups is 1. The monoisotopic (exact) mass is 318 g/mol. The Labute approximate surface area is 138 Å². The van der Waals surface area contributed by atoms with Crippen LogP contribution in [-0.2, 0) is 0 Å². The quantitative estimate of drug-likeness (QED) is 0.558. The number of hydrogen-bond donors (Lipinski definition) is 1. The summed E-state index contributed by atoms with van der Waals surface area (Å²) in [7, 11) is 0. The topological polar surface area (TPSA) is 72.2 Å². The van der Waals surface area contributed by atoms with Crippen LogP contribution in [-0.4, -0.2) is 10.7 Å². The molecule has 0 amide bonds. The van der Waals surface area contributed by atoms with E-state index in [4.69, 9.17) is 0 Å². The van der Waals surface area contributed by atoms with Crippen molar-refractivity contribution < 1.29 is 9.72 Å². The molecule has 1 unspecified atom stereocenters. The Morgan fingerprint density at radius 1 is 1.00 bits per heavy atom. The molecule has 5 nitrogen and oxygen atoms in total. The lowest BCUT2D eigenvalue weighted by molar-refractivity contribution is -0.384. The number of ketones is 1. The summed E-state index contributed by atoms with van der Waals surface area (Å²) in [4.78, 5) is 23.0. The molecule has 5 heteroatoms. The van der Waals surface area contributed by atoms with Gasteiger partial charge in [-0.2, -0.15) is 0 Å². The summed E-state index contributed by atoms with van der Waals surface area (Å²) < 4.78 is 0. The van der Waals surface area contributed by atoms with Crippen LogP contribution in [0.4, 0.5) is 11.4 Å². The lowest BCUT2D eigenvalue weighted by Gasteiger charge is -2.27. The summed E-state index contributed by atoms with van der Waals surface area (Å²) >= 11 is 0. The number of rotatable bonds is 2. The smallest absolute Gasteiger partial charge is 0.269 e. The Balaban J connectivity index is 1.73. The molecule has 0 radical (unpaired) electrons. The van der Waals surface area contributed by atoms with Crippen molar-refractivity contribution in [2.45, 2.75) is 12.5 Å². The first-order valence-corrected chi connectivity index (χ1v) is 7.69. The molecular weight excluding hydrogens is 304 g/mol. The average molecular weight is 318 g/mol. The predicted octanol–water partition coefficient (Wildman–Crippen LogP) is 4.49. The molecule has 0 spiro atoms. The van der Waals surface area contributed by atoms with Crippen LogP contribution in [0.25, 0.3) is 10.8 Å². The highest BCUT2D eigenvalue weighted by Crippen LogP contribution is 2.36. The largest absolute Gasteiger partial charge is 0.377 e. The first-order chi connectivity index (χ1) is 11.6. The van der Waals surface area contributed by atoms with Crippen molar-refractivity contribution in [3.63, 3.8) is 0 Å². The van der Waals surface area contributed by atoms with E-state index in [0.717, 1.165) is 27.6 Å². The van der Waals surface area contributed by atoms with Gasteiger partial charge in [-0.05, 0) is 22.4 Å². The third kappa shape index (κ3) is 2.31. The molecule has 0 saturated heterocycles. The van der Waals surface area contributed by atoms with Crippen LogP contribution in [0, 0.1) is 10.1 Å². The molecule has 1 atom stereocenters. The highest BCUT2D eigenvalue weighted by Gasteiger charge is 2.27. The van der Waals surface area contributed by atoms with Gasteiger partial charge in [0.2, 0.25) is 0 Å². The fraction of sp³-hybridized carbons (Fsp3) is 0.105. The highest BCUT2D eigenvalue weighted by atomic mass is 16.6. The first-order valence-electron chi connectivity index (χ1n) is 7.69. The van der Waals surface area contributed by atoms with E-state index >= 15 is 0 Å². The number of carbonyl (C=O) groups excluding carboxylic acids is 1. The van der Waals surface area contributed by atoms with Crippen LogP contribution in [0.15, 0.2) is 60.7 Å². The van der Waals surface area contributed by atoms with Crippen molar-refractivity contribution in [3.05, 3.63) is 81.9 Å². The first kappa shape index (κ1) is 14.4. The molecule has 1 heterocycles. The fourth-order valence-corrected chi connectivity index (χ4v) is 3.25. The third-order valence-electron chi connectivity index (χ3n) is 4.43. The molecule has 1 N–H and O–H groups in total. The molecule has 0 aromatic heterocycles. The number of nitro benzene ring substituents is 1. The number of anilines is 1. The molecule has 3 aromatic carbocycles. The van der Waals surface area contributed by atoms with Gasteiger partial charge in [0, 0.05) is 29.8 Å². The van der Waals surface area contributed by atoms with Gasteiger partial charge in [0.25, 0.3) is 5.69 Å². The molecule has 0 fully saturated rings. The number of Topliss-reactive ketones (excluding diaryl/α,β-unsaturated/α-hetero) is 1. The summed E-state index contributed by atoms with van der Waals surface area (Å²) in [5.41, 5.74) is 2.46. The number of nitrogens with zero attached hydrogens (tertiary/aromatic N) is 1. The van der Waals surface area contributed by atoms with Gasteiger partial charge in [-0.3, -0.25) is 14.9 Å². The zero-order valence-corrected chi connectivity index (χ0v) is 12.7. The summed E-state index contributed by atoms with van der Waals surface area (Å²) in [6.45, 7) is 0. The lowest BCUT2D eigenvalue weighted by atomic mass is 9.89. The Kier molecular flexibility index (Phi) is 3.27. The fourth-order valence-electron chi connectivity index (χ4n) is 3.25. The minimum Gasteiger partial charge on any atom is -0.377 e. The number of benzene rings is 3. The minimum absolute atomic E-state index is 0.0484. The summed E-state index contributed by atoms with van der Waals surface area (Å²) in [5, 5.41) is 16.2. The number of hydrogen-bond acceptors (Lipinski definition) is 4. The molecule has 3 aromatic rings. The molecule has 4 rings (SSSR count). The highest BCUT2D eigenvalue weighted by molar-refractivity contribution is 6.14. The second-order valence-corrected chi connectivity index (χ2v) is 5.88. The predicted molar refractivity (Wildman–Crippen MR) is 92.4 cm³/mol. The Bertz CT molecular complexity index is 964. The Morgan fingerprint density at radius 3 is 2.50 bits per heavy atom. The maximum atomic E-state index is 12.7. The van der Waals surface area contributed by atoms with Gasteiger partial charge in [0.15, 0.2) is 5.78 Å². The summed E-state index contributed by atoms with van der Waals surface area (Å²) in [6, 6.07) is 17.9. The molecule has 1 aliphatic heterocycles. The van der Waals surface area contributed by atoms with Gasteiger partial charge in [0.05, 0.1) is 11.0 Å². The Morgan fingerprint density at radius 2 is 1.75 bits per heavy atom. The van der Waals surface area contributed by atoms with E-state index in [1.165, 1.54) is 12.1 Å². The van der Waals surface area contributed by atoms with Crippen molar-refractivity contribution in [3.8, 4) is 0 Å². The standard InChI is InChI=1S/C19H14N2O3/c22-18-11-17(13-5-8-14(9-6-13)21(23)24)20-16-10-7-12-3-1-2-4-15(12)19(16)18/h1-10,17,20H,11H2. The van der Waals surface area contributed by atoms with Crippen molar-refractivity contribution in [1.82, 2.24) is 0 Å². The third-order valence-corrected chi connectivity index (χ3v) is 4.43. The van der Waals surface area contributed by atoms with E-state index in [-0.39, 0.29) is 17.5 Å². The van der Waals surface area contributed by atoms with Gasteiger partial charge >= 0.3 is 0 Å². The van der Waals surface area contributed by atoms with Gasteiger partial charge in [-0.1, -0.05) is 42.5 Å². The molecule has 24 heavy (non-hydrogen) atoms. The molecule has 118 valence electrons. The molecule has 0 aliphatic carbocycles. The van der Waals surface area contributed by atoms with Crippen molar-refractivity contribution in [1.29, 1.82) is 0 Å². The lowest BCUT2D eigenvalue weighted by Crippen LogP contribution is -2.23.